The van der Waals surface area contributed by atoms with E-state index in [-0.39, 0.29) is 11.0 Å². The highest BCUT2D eigenvalue weighted by atomic mass is 16.5. The number of nitrogens with one attached hydrogen (secondary N) is 1. The highest BCUT2D eigenvalue weighted by molar-refractivity contribution is 5.44. The Morgan fingerprint density at radius 1 is 1.26 bits per heavy atom. The lowest BCUT2D eigenvalue weighted by molar-refractivity contribution is 0.241. The van der Waals surface area contributed by atoms with E-state index >= 15 is 0 Å². The Bertz CT molecular complexity index is 1040. The van der Waals surface area contributed by atoms with Crippen LogP contribution in [0.25, 0.3) is 5.65 Å². The molecule has 0 amide bonds. The summed E-state index contributed by atoms with van der Waals surface area (Å²) in [7, 11) is 1.68. The molecule has 0 bridgehead atoms. The van der Waals surface area contributed by atoms with Crippen molar-refractivity contribution >= 4 is 5.65 Å². The molecule has 0 spiro atoms. The second-order valence-corrected chi connectivity index (χ2v) is 8.27. The van der Waals surface area contributed by atoms with Crippen molar-refractivity contribution in [2.45, 2.75) is 45.7 Å². The predicted molar refractivity (Wildman–Crippen MR) is 105 cm³/mol. The largest absolute Gasteiger partial charge is 0.497 e. The second-order valence-electron chi connectivity index (χ2n) is 8.27. The van der Waals surface area contributed by atoms with Crippen molar-refractivity contribution in [1.82, 2.24) is 19.5 Å². The van der Waals surface area contributed by atoms with Crippen LogP contribution in [0, 0.1) is 0 Å². The van der Waals surface area contributed by atoms with E-state index < -0.39 is 0 Å². The number of nitrogens with zero attached hydrogens (tertiary/aromatic N) is 3. The van der Waals surface area contributed by atoms with Crippen molar-refractivity contribution in [3.63, 3.8) is 0 Å². The summed E-state index contributed by atoms with van der Waals surface area (Å²) in [6, 6.07) is 10.1. The number of ether oxygens (including phenoxy) is 1. The van der Waals surface area contributed by atoms with Gasteiger partial charge in [-0.2, -0.15) is 0 Å². The number of hydrogen-bond donors (Lipinski definition) is 1. The van der Waals surface area contributed by atoms with Gasteiger partial charge in [0.1, 0.15) is 5.75 Å². The molecule has 0 saturated heterocycles. The number of aromatic nitrogens is 3. The van der Waals surface area contributed by atoms with Gasteiger partial charge in [0.25, 0.3) is 5.56 Å². The molecule has 4 rings (SSSR count). The number of H-pyrrole nitrogens is 1. The first-order valence-corrected chi connectivity index (χ1v) is 9.34. The van der Waals surface area contributed by atoms with Crippen LogP contribution >= 0.6 is 0 Å². The predicted octanol–water partition coefficient (Wildman–Crippen LogP) is 2.89. The van der Waals surface area contributed by atoms with Gasteiger partial charge in [-0.25, -0.2) is 9.50 Å². The fourth-order valence-electron chi connectivity index (χ4n) is 3.59. The van der Waals surface area contributed by atoms with E-state index in [0.717, 1.165) is 42.2 Å². The van der Waals surface area contributed by atoms with Crippen molar-refractivity contribution in [3.05, 3.63) is 63.2 Å². The first-order chi connectivity index (χ1) is 12.8. The molecule has 1 N–H and O–H groups in total. The summed E-state index contributed by atoms with van der Waals surface area (Å²) < 4.78 is 6.90. The van der Waals surface area contributed by atoms with Gasteiger partial charge in [0, 0.05) is 43.2 Å². The minimum Gasteiger partial charge on any atom is -0.497 e. The molecule has 1 aromatic carbocycles. The van der Waals surface area contributed by atoms with Crippen LogP contribution in [0.5, 0.6) is 5.75 Å². The molecule has 2 aromatic heterocycles. The van der Waals surface area contributed by atoms with Crippen LogP contribution in [0.4, 0.5) is 0 Å². The van der Waals surface area contributed by atoms with Gasteiger partial charge in [0.15, 0.2) is 5.65 Å². The summed E-state index contributed by atoms with van der Waals surface area (Å²) in [5.74, 6) is 0.856. The van der Waals surface area contributed by atoms with Crippen molar-refractivity contribution in [2.24, 2.45) is 0 Å². The molecule has 6 nitrogen and oxygen atoms in total. The number of hydrogen-bond acceptors (Lipinski definition) is 4. The fraction of sp³-hybridized carbons (Fsp3) is 0.429. The zero-order valence-electron chi connectivity index (χ0n) is 16.4. The van der Waals surface area contributed by atoms with Crippen molar-refractivity contribution < 1.29 is 4.74 Å². The smallest absolute Gasteiger partial charge is 0.277 e. The van der Waals surface area contributed by atoms with E-state index in [1.807, 2.05) is 24.3 Å². The van der Waals surface area contributed by atoms with Gasteiger partial charge in [0.2, 0.25) is 0 Å². The van der Waals surface area contributed by atoms with E-state index in [1.165, 1.54) is 5.56 Å². The highest BCUT2D eigenvalue weighted by Crippen LogP contribution is 2.23. The van der Waals surface area contributed by atoms with Crippen LogP contribution in [-0.4, -0.2) is 33.2 Å². The zero-order chi connectivity index (χ0) is 19.2. The maximum absolute atomic E-state index is 13.1. The lowest BCUT2D eigenvalue weighted by Gasteiger charge is -2.27. The lowest BCUT2D eigenvalue weighted by atomic mass is 9.93. The van der Waals surface area contributed by atoms with E-state index in [9.17, 15) is 4.79 Å². The molecule has 142 valence electrons. The normalized spacial score (nSPS) is 15.1. The molecule has 1 aliphatic rings. The Hall–Kier alpha value is -2.60. The molecule has 27 heavy (non-hydrogen) atoms. The lowest BCUT2D eigenvalue weighted by Crippen LogP contribution is -2.36. The van der Waals surface area contributed by atoms with Crippen LogP contribution < -0.4 is 10.3 Å². The van der Waals surface area contributed by atoms with Gasteiger partial charge in [0.05, 0.1) is 18.4 Å². The standard InChI is InChI=1S/C21H26N4O2/c1-21(2,3)18-11-19-22-17-8-9-24(13-16(17)20(26)25(19)23-18)12-14-6-5-7-15(10-14)27-4/h5-7,10-11,23H,8-9,12-13H2,1-4H3. The van der Waals surface area contributed by atoms with Crippen molar-refractivity contribution in [2.75, 3.05) is 13.7 Å². The van der Waals surface area contributed by atoms with Gasteiger partial charge in [-0.15, -0.1) is 0 Å². The molecule has 1 aliphatic heterocycles. The zero-order valence-corrected chi connectivity index (χ0v) is 16.4. The number of methoxy groups -OCH3 is 1. The van der Waals surface area contributed by atoms with Crippen molar-refractivity contribution in [1.29, 1.82) is 0 Å². The van der Waals surface area contributed by atoms with Crippen LogP contribution in [0.15, 0.2) is 35.1 Å². The molecule has 3 heterocycles. The molecular weight excluding hydrogens is 340 g/mol. The molecule has 0 atom stereocenters. The molecule has 0 unspecified atom stereocenters. The Balaban J connectivity index is 1.64. The van der Waals surface area contributed by atoms with E-state index in [2.05, 4.69) is 36.8 Å². The minimum absolute atomic E-state index is 0.0147. The third-order valence-electron chi connectivity index (χ3n) is 5.19. The molecule has 3 aromatic rings. The first kappa shape index (κ1) is 17.8. The number of aromatic amines is 1. The third-order valence-corrected chi connectivity index (χ3v) is 5.19. The van der Waals surface area contributed by atoms with Crippen LogP contribution in [0.3, 0.4) is 0 Å². The summed E-state index contributed by atoms with van der Waals surface area (Å²) in [6.45, 7) is 8.67. The topological polar surface area (TPSA) is 62.6 Å². The molecular formula is C21H26N4O2. The van der Waals surface area contributed by atoms with Gasteiger partial charge in [-0.1, -0.05) is 32.9 Å². The number of rotatable bonds is 3. The van der Waals surface area contributed by atoms with Gasteiger partial charge in [-0.05, 0) is 17.7 Å². The van der Waals surface area contributed by atoms with Gasteiger partial charge >= 0.3 is 0 Å². The molecule has 0 aliphatic carbocycles. The first-order valence-electron chi connectivity index (χ1n) is 9.34. The summed E-state index contributed by atoms with van der Waals surface area (Å²) in [4.78, 5) is 20.1. The van der Waals surface area contributed by atoms with Crippen LogP contribution in [0.1, 0.15) is 43.3 Å². The quantitative estimate of drug-likeness (QED) is 0.774. The summed E-state index contributed by atoms with van der Waals surface area (Å²) in [5, 5.41) is 3.24. The minimum atomic E-state index is -0.0565. The van der Waals surface area contributed by atoms with E-state index in [0.29, 0.717) is 12.2 Å². The van der Waals surface area contributed by atoms with Crippen molar-refractivity contribution in [3.8, 4) is 5.75 Å². The van der Waals surface area contributed by atoms with Crippen LogP contribution in [-0.2, 0) is 24.9 Å². The Morgan fingerprint density at radius 3 is 2.81 bits per heavy atom. The van der Waals surface area contributed by atoms with E-state index in [4.69, 9.17) is 9.72 Å². The van der Waals surface area contributed by atoms with Gasteiger partial charge < -0.3 is 4.74 Å². The molecule has 0 saturated carbocycles. The Morgan fingerprint density at radius 2 is 2.07 bits per heavy atom. The fourth-order valence-corrected chi connectivity index (χ4v) is 3.59. The maximum Gasteiger partial charge on any atom is 0.277 e. The number of benzene rings is 1. The van der Waals surface area contributed by atoms with E-state index in [1.54, 1.807) is 11.6 Å². The van der Waals surface area contributed by atoms with Gasteiger partial charge in [-0.3, -0.25) is 14.8 Å². The van der Waals surface area contributed by atoms with Crippen LogP contribution in [0.2, 0.25) is 0 Å². The summed E-state index contributed by atoms with van der Waals surface area (Å²) in [6.07, 6.45) is 0.793. The molecule has 0 fully saturated rings. The monoisotopic (exact) mass is 366 g/mol. The average Bonchev–Trinajstić information content (AvgIpc) is 3.07. The summed E-state index contributed by atoms with van der Waals surface area (Å²) >= 11 is 0. The Kier molecular flexibility index (Phi) is 4.30. The summed E-state index contributed by atoms with van der Waals surface area (Å²) in [5.41, 5.74) is 4.60. The Labute approximate surface area is 158 Å². The third kappa shape index (κ3) is 3.37. The maximum atomic E-state index is 13.1. The molecule has 6 heteroatoms. The average molecular weight is 366 g/mol. The number of fused-ring (bicyclic) bond motifs is 2. The SMILES string of the molecule is COc1cccc(CN2CCc3nc4cc(C(C)(C)C)[nH]n4c(=O)c3C2)c1. The molecule has 0 radical (unpaired) electrons. The highest BCUT2D eigenvalue weighted by Gasteiger charge is 2.24. The second kappa shape index (κ2) is 6.53.